The van der Waals surface area contributed by atoms with E-state index in [1.54, 1.807) is 6.20 Å². The molecule has 0 aliphatic carbocycles. The third-order valence-electron chi connectivity index (χ3n) is 3.35. The Morgan fingerprint density at radius 3 is 2.71 bits per heavy atom. The average Bonchev–Trinajstić information content (AvgIpc) is 2.52. The summed E-state index contributed by atoms with van der Waals surface area (Å²) in [7, 11) is 0. The van der Waals surface area contributed by atoms with Crippen LogP contribution in [0.1, 0.15) is 24.0 Å². The smallest absolute Gasteiger partial charge is 0.164 e. The van der Waals surface area contributed by atoms with Crippen LogP contribution in [0.15, 0.2) is 36.7 Å². The van der Waals surface area contributed by atoms with Gasteiger partial charge in [-0.3, -0.25) is 4.98 Å². The molecular weight excluding hydrogens is 262 g/mol. The van der Waals surface area contributed by atoms with E-state index in [9.17, 15) is 0 Å². The Kier molecular flexibility index (Phi) is 3.73. The van der Waals surface area contributed by atoms with Gasteiger partial charge in [0.25, 0.3) is 0 Å². The van der Waals surface area contributed by atoms with Gasteiger partial charge >= 0.3 is 0 Å². The fourth-order valence-corrected chi connectivity index (χ4v) is 2.34. The van der Waals surface area contributed by atoms with Gasteiger partial charge in [0, 0.05) is 24.6 Å². The second-order valence-electron chi connectivity index (χ2n) is 4.81. The molecule has 0 aromatic carbocycles. The van der Waals surface area contributed by atoms with Crippen LogP contribution in [-0.4, -0.2) is 19.9 Å². The Bertz CT molecular complexity index is 769. The maximum absolute atomic E-state index is 4.49. The number of aromatic nitrogens is 4. The Hall–Kier alpha value is -2.56. The van der Waals surface area contributed by atoms with Crippen molar-refractivity contribution in [1.29, 1.82) is 0 Å². The summed E-state index contributed by atoms with van der Waals surface area (Å²) in [6.45, 7) is 4.68. The third-order valence-corrected chi connectivity index (χ3v) is 3.35. The first-order chi connectivity index (χ1) is 10.3. The monoisotopic (exact) mass is 279 g/mol. The van der Waals surface area contributed by atoms with E-state index in [1.165, 1.54) is 5.56 Å². The highest BCUT2D eigenvalue weighted by atomic mass is 15.0. The zero-order valence-electron chi connectivity index (χ0n) is 12.2. The molecule has 0 fully saturated rings. The van der Waals surface area contributed by atoms with Crippen molar-refractivity contribution in [3.05, 3.63) is 53.7 Å². The topological polar surface area (TPSA) is 63.6 Å². The lowest BCUT2D eigenvalue weighted by molar-refractivity contribution is 0.960. The molecule has 0 aliphatic heterocycles. The quantitative estimate of drug-likeness (QED) is 0.795. The van der Waals surface area contributed by atoms with E-state index >= 15 is 0 Å². The summed E-state index contributed by atoms with van der Waals surface area (Å²) in [4.78, 5) is 17.5. The number of anilines is 1. The van der Waals surface area contributed by atoms with E-state index in [2.05, 4.69) is 38.2 Å². The fraction of sp³-hybridized carbons (Fsp3) is 0.250. The van der Waals surface area contributed by atoms with E-state index in [4.69, 9.17) is 0 Å². The summed E-state index contributed by atoms with van der Waals surface area (Å²) < 4.78 is 0. The molecule has 0 amide bonds. The van der Waals surface area contributed by atoms with Crippen LogP contribution in [0.2, 0.25) is 0 Å². The minimum Gasteiger partial charge on any atom is -0.365 e. The Morgan fingerprint density at radius 1 is 1.05 bits per heavy atom. The number of nitrogens with zero attached hydrogens (tertiary/aromatic N) is 4. The molecule has 0 radical (unpaired) electrons. The maximum Gasteiger partial charge on any atom is 0.164 e. The molecule has 1 N–H and O–H groups in total. The van der Waals surface area contributed by atoms with Crippen LogP contribution in [0.3, 0.4) is 0 Å². The van der Waals surface area contributed by atoms with Crippen molar-refractivity contribution < 1.29 is 0 Å². The van der Waals surface area contributed by atoms with Crippen LogP contribution >= 0.6 is 0 Å². The summed E-state index contributed by atoms with van der Waals surface area (Å²) in [5.74, 6) is 1.53. The van der Waals surface area contributed by atoms with E-state index in [-0.39, 0.29) is 0 Å². The molecule has 0 saturated heterocycles. The van der Waals surface area contributed by atoms with Crippen LogP contribution in [0, 0.1) is 6.92 Å². The zero-order valence-corrected chi connectivity index (χ0v) is 12.2. The Balaban J connectivity index is 1.92. The molecule has 3 rings (SSSR count). The van der Waals surface area contributed by atoms with Gasteiger partial charge in [0.1, 0.15) is 11.6 Å². The first kappa shape index (κ1) is 13.4. The summed E-state index contributed by atoms with van der Waals surface area (Å²) in [6.07, 6.45) is 4.49. The van der Waals surface area contributed by atoms with Crippen molar-refractivity contribution in [3.8, 4) is 0 Å². The minimum absolute atomic E-state index is 0.692. The molecule has 0 saturated carbocycles. The largest absolute Gasteiger partial charge is 0.365 e. The summed E-state index contributed by atoms with van der Waals surface area (Å²) in [5, 5.41) is 4.32. The maximum atomic E-state index is 4.49. The van der Waals surface area contributed by atoms with Gasteiger partial charge in [-0.25, -0.2) is 15.0 Å². The number of rotatable bonds is 4. The molecule has 0 aliphatic rings. The predicted molar refractivity (Wildman–Crippen MR) is 83.0 cm³/mol. The number of hydrogen-bond acceptors (Lipinski definition) is 5. The number of nitrogens with one attached hydrogen (secondary N) is 1. The number of pyridine rings is 2. The van der Waals surface area contributed by atoms with E-state index in [0.29, 0.717) is 12.4 Å². The van der Waals surface area contributed by atoms with Gasteiger partial charge in [0.2, 0.25) is 0 Å². The molecule has 21 heavy (non-hydrogen) atoms. The molecular formula is C16H17N5. The summed E-state index contributed by atoms with van der Waals surface area (Å²) in [5.41, 5.74) is 3.01. The number of aryl methyl sites for hydroxylation is 2. The molecule has 0 unspecified atom stereocenters. The molecule has 3 aromatic rings. The minimum atomic E-state index is 0.692. The standard InChI is InChI=1S/C16H17N5/c1-3-14-12(6-4-8-17-14)10-19-16-13-7-5-9-18-15(13)20-11(2)21-16/h4-9H,3,10H2,1-2H3,(H,18,19,20,21). The van der Waals surface area contributed by atoms with Gasteiger partial charge in [-0.05, 0) is 37.1 Å². The summed E-state index contributed by atoms with van der Waals surface area (Å²) in [6, 6.07) is 7.93. The van der Waals surface area contributed by atoms with Crippen LogP contribution in [0.4, 0.5) is 5.82 Å². The van der Waals surface area contributed by atoms with Gasteiger partial charge in [0.05, 0.1) is 5.39 Å². The van der Waals surface area contributed by atoms with Crippen LogP contribution in [0.25, 0.3) is 11.0 Å². The first-order valence-electron chi connectivity index (χ1n) is 7.04. The van der Waals surface area contributed by atoms with Crippen LogP contribution < -0.4 is 5.32 Å². The van der Waals surface area contributed by atoms with Crippen LogP contribution in [-0.2, 0) is 13.0 Å². The predicted octanol–water partition coefficient (Wildman–Crippen LogP) is 2.90. The average molecular weight is 279 g/mol. The highest BCUT2D eigenvalue weighted by Gasteiger charge is 2.07. The first-order valence-corrected chi connectivity index (χ1v) is 7.04. The summed E-state index contributed by atoms with van der Waals surface area (Å²) >= 11 is 0. The van der Waals surface area contributed by atoms with Gasteiger partial charge in [-0.2, -0.15) is 0 Å². The SMILES string of the molecule is CCc1ncccc1CNc1nc(C)nc2ncccc12. The fourth-order valence-electron chi connectivity index (χ4n) is 2.34. The molecule has 3 heterocycles. The molecule has 0 bridgehead atoms. The van der Waals surface area contributed by atoms with E-state index in [0.717, 1.165) is 29.0 Å². The third kappa shape index (κ3) is 2.81. The second kappa shape index (κ2) is 5.83. The zero-order chi connectivity index (χ0) is 14.7. The van der Waals surface area contributed by atoms with Crippen molar-refractivity contribution in [2.45, 2.75) is 26.8 Å². The normalized spacial score (nSPS) is 10.8. The van der Waals surface area contributed by atoms with Crippen molar-refractivity contribution in [2.24, 2.45) is 0 Å². The lowest BCUT2D eigenvalue weighted by Gasteiger charge is -2.11. The van der Waals surface area contributed by atoms with Gasteiger partial charge < -0.3 is 5.32 Å². The Labute approximate surface area is 123 Å². The molecule has 0 atom stereocenters. The Morgan fingerprint density at radius 2 is 1.86 bits per heavy atom. The number of hydrogen-bond donors (Lipinski definition) is 1. The van der Waals surface area contributed by atoms with Crippen molar-refractivity contribution in [1.82, 2.24) is 19.9 Å². The van der Waals surface area contributed by atoms with Gasteiger partial charge in [-0.1, -0.05) is 13.0 Å². The van der Waals surface area contributed by atoms with Crippen molar-refractivity contribution in [2.75, 3.05) is 5.32 Å². The lowest BCUT2D eigenvalue weighted by Crippen LogP contribution is -2.07. The van der Waals surface area contributed by atoms with Crippen molar-refractivity contribution >= 4 is 16.9 Å². The number of fused-ring (bicyclic) bond motifs is 1. The van der Waals surface area contributed by atoms with Gasteiger partial charge in [0.15, 0.2) is 5.65 Å². The lowest BCUT2D eigenvalue weighted by atomic mass is 10.1. The molecule has 0 spiro atoms. The van der Waals surface area contributed by atoms with E-state index < -0.39 is 0 Å². The van der Waals surface area contributed by atoms with Crippen LogP contribution in [0.5, 0.6) is 0 Å². The van der Waals surface area contributed by atoms with Crippen molar-refractivity contribution in [3.63, 3.8) is 0 Å². The van der Waals surface area contributed by atoms with E-state index in [1.807, 2.05) is 31.3 Å². The molecule has 5 nitrogen and oxygen atoms in total. The second-order valence-corrected chi connectivity index (χ2v) is 4.81. The molecule has 3 aromatic heterocycles. The molecule has 106 valence electrons. The highest BCUT2D eigenvalue weighted by Crippen LogP contribution is 2.19. The molecule has 5 heteroatoms. The van der Waals surface area contributed by atoms with Gasteiger partial charge in [-0.15, -0.1) is 0 Å². The highest BCUT2D eigenvalue weighted by molar-refractivity contribution is 5.86.